The summed E-state index contributed by atoms with van der Waals surface area (Å²) in [6, 6.07) is 9.34. The Kier molecular flexibility index (Phi) is 5.18. The molecule has 2 aromatic carbocycles. The fourth-order valence-electron chi connectivity index (χ4n) is 1.37. The maximum atomic E-state index is 12.1. The zero-order valence-corrected chi connectivity index (χ0v) is 15.9. The van der Waals surface area contributed by atoms with Gasteiger partial charge in [-0.2, -0.15) is 8.42 Å². The minimum atomic E-state index is -3.92. The Labute approximate surface area is 146 Å². The quantitative estimate of drug-likeness (QED) is 0.319. The summed E-state index contributed by atoms with van der Waals surface area (Å²) < 4.78 is 31.2. The summed E-state index contributed by atoms with van der Waals surface area (Å²) in [5.41, 5.74) is 0. The number of benzene rings is 2. The minimum absolute atomic E-state index is 0.0393. The Morgan fingerprint density at radius 1 is 1.00 bits per heavy atom. The van der Waals surface area contributed by atoms with Crippen molar-refractivity contribution in [2.75, 3.05) is 0 Å². The predicted octanol–water partition coefficient (Wildman–Crippen LogP) is 5.40. The van der Waals surface area contributed by atoms with E-state index in [2.05, 4.69) is 47.8 Å². The standard InChI is InChI=1S/C12H6Br3ClO3S/c13-8-6-9(12(16)11(15)10(8)14)19-20(17,18)7-4-2-1-3-5-7/h1-6H. The molecule has 0 bridgehead atoms. The van der Waals surface area contributed by atoms with Crippen LogP contribution < -0.4 is 4.18 Å². The molecule has 0 N–H and O–H groups in total. The Morgan fingerprint density at radius 2 is 1.60 bits per heavy atom. The van der Waals surface area contributed by atoms with Gasteiger partial charge in [-0.25, -0.2) is 0 Å². The van der Waals surface area contributed by atoms with E-state index in [-0.39, 0.29) is 15.7 Å². The average molecular weight is 505 g/mol. The zero-order chi connectivity index (χ0) is 14.9. The normalized spacial score (nSPS) is 11.4. The van der Waals surface area contributed by atoms with Crippen molar-refractivity contribution in [1.82, 2.24) is 0 Å². The second-order valence-corrected chi connectivity index (χ2v) is 8.01. The van der Waals surface area contributed by atoms with Gasteiger partial charge in [0.2, 0.25) is 0 Å². The second-order valence-electron chi connectivity index (χ2n) is 3.65. The first-order chi connectivity index (χ1) is 9.33. The van der Waals surface area contributed by atoms with E-state index in [1.807, 2.05) is 0 Å². The molecule has 0 amide bonds. The van der Waals surface area contributed by atoms with E-state index in [1.165, 1.54) is 18.2 Å². The Hall–Kier alpha value is -0.0800. The molecule has 2 rings (SSSR count). The Morgan fingerprint density at radius 3 is 2.20 bits per heavy atom. The highest BCUT2D eigenvalue weighted by atomic mass is 79.9. The van der Waals surface area contributed by atoms with E-state index in [1.54, 1.807) is 18.2 Å². The third-order valence-electron chi connectivity index (χ3n) is 2.30. The largest absolute Gasteiger partial charge is 0.377 e. The van der Waals surface area contributed by atoms with Gasteiger partial charge in [-0.3, -0.25) is 0 Å². The minimum Gasteiger partial charge on any atom is -0.377 e. The van der Waals surface area contributed by atoms with Gasteiger partial charge in [-0.15, -0.1) is 0 Å². The van der Waals surface area contributed by atoms with Gasteiger partial charge in [0.15, 0.2) is 5.75 Å². The first kappa shape index (κ1) is 16.3. The molecule has 0 fully saturated rings. The van der Waals surface area contributed by atoms with Gasteiger partial charge < -0.3 is 4.18 Å². The van der Waals surface area contributed by atoms with Crippen LogP contribution in [0, 0.1) is 0 Å². The van der Waals surface area contributed by atoms with E-state index in [4.69, 9.17) is 15.8 Å². The molecule has 20 heavy (non-hydrogen) atoms. The van der Waals surface area contributed by atoms with E-state index < -0.39 is 10.1 Å². The highest BCUT2D eigenvalue weighted by molar-refractivity contribution is 9.14. The van der Waals surface area contributed by atoms with Crippen LogP contribution in [0.15, 0.2) is 54.7 Å². The van der Waals surface area contributed by atoms with Crippen LogP contribution >= 0.6 is 59.4 Å². The van der Waals surface area contributed by atoms with Crippen LogP contribution in [0.1, 0.15) is 0 Å². The molecule has 0 radical (unpaired) electrons. The first-order valence-electron chi connectivity index (χ1n) is 5.15. The molecule has 0 spiro atoms. The van der Waals surface area contributed by atoms with Gasteiger partial charge >= 0.3 is 10.1 Å². The zero-order valence-electron chi connectivity index (χ0n) is 9.61. The van der Waals surface area contributed by atoms with Gasteiger partial charge in [-0.1, -0.05) is 29.8 Å². The van der Waals surface area contributed by atoms with Gasteiger partial charge in [0, 0.05) is 8.95 Å². The lowest BCUT2D eigenvalue weighted by Gasteiger charge is -2.11. The predicted molar refractivity (Wildman–Crippen MR) is 88.8 cm³/mol. The lowest BCUT2D eigenvalue weighted by molar-refractivity contribution is 0.486. The van der Waals surface area contributed by atoms with Crippen molar-refractivity contribution in [3.8, 4) is 5.75 Å². The van der Waals surface area contributed by atoms with Crippen molar-refractivity contribution in [3.05, 3.63) is 54.8 Å². The molecule has 2 aromatic rings. The van der Waals surface area contributed by atoms with Crippen LogP contribution in [0.5, 0.6) is 5.75 Å². The first-order valence-corrected chi connectivity index (χ1v) is 9.32. The van der Waals surface area contributed by atoms with Crippen molar-refractivity contribution >= 4 is 69.5 Å². The highest BCUT2D eigenvalue weighted by Gasteiger charge is 2.21. The number of hydrogen-bond donors (Lipinski definition) is 0. The molecule has 0 aliphatic heterocycles. The molecule has 0 atom stereocenters. The van der Waals surface area contributed by atoms with Crippen LogP contribution in [0.2, 0.25) is 5.02 Å². The van der Waals surface area contributed by atoms with Crippen LogP contribution in [-0.2, 0) is 10.1 Å². The average Bonchev–Trinajstić information content (AvgIpc) is 2.43. The molecule has 3 nitrogen and oxygen atoms in total. The van der Waals surface area contributed by atoms with E-state index in [0.29, 0.717) is 13.4 Å². The summed E-state index contributed by atoms with van der Waals surface area (Å²) in [6.07, 6.45) is 0. The molecular formula is C12H6Br3ClO3S. The van der Waals surface area contributed by atoms with Gasteiger partial charge in [0.25, 0.3) is 0 Å². The number of hydrogen-bond acceptors (Lipinski definition) is 3. The van der Waals surface area contributed by atoms with Gasteiger partial charge in [0.05, 0.1) is 9.50 Å². The van der Waals surface area contributed by atoms with E-state index in [0.717, 1.165) is 0 Å². The summed E-state index contributed by atoms with van der Waals surface area (Å²) in [5, 5.41) is 0.166. The van der Waals surface area contributed by atoms with Gasteiger partial charge in [-0.05, 0) is 66.0 Å². The fourth-order valence-corrected chi connectivity index (χ4v) is 4.06. The topological polar surface area (TPSA) is 43.4 Å². The molecule has 0 saturated carbocycles. The Balaban J connectivity index is 2.46. The molecule has 0 aromatic heterocycles. The molecule has 0 aliphatic carbocycles. The third-order valence-corrected chi connectivity index (χ3v) is 7.46. The van der Waals surface area contributed by atoms with Crippen molar-refractivity contribution in [2.45, 2.75) is 4.90 Å². The molecule has 0 aliphatic rings. The maximum absolute atomic E-state index is 12.1. The van der Waals surface area contributed by atoms with Gasteiger partial charge in [0.1, 0.15) is 4.90 Å². The summed E-state index contributed by atoms with van der Waals surface area (Å²) in [6.45, 7) is 0. The summed E-state index contributed by atoms with van der Waals surface area (Å²) in [5.74, 6) is 0.0393. The Bertz CT molecular complexity index is 748. The molecule has 0 saturated heterocycles. The van der Waals surface area contributed by atoms with Crippen LogP contribution in [0.4, 0.5) is 0 Å². The fraction of sp³-hybridized carbons (Fsp3) is 0. The molecular weight excluding hydrogens is 499 g/mol. The lowest BCUT2D eigenvalue weighted by atomic mass is 10.3. The van der Waals surface area contributed by atoms with Crippen molar-refractivity contribution < 1.29 is 12.6 Å². The molecule has 8 heteroatoms. The van der Waals surface area contributed by atoms with Crippen LogP contribution in [-0.4, -0.2) is 8.42 Å². The van der Waals surface area contributed by atoms with Crippen molar-refractivity contribution in [3.63, 3.8) is 0 Å². The van der Waals surface area contributed by atoms with Crippen molar-refractivity contribution in [2.24, 2.45) is 0 Å². The highest BCUT2D eigenvalue weighted by Crippen LogP contribution is 2.43. The number of halogens is 4. The lowest BCUT2D eigenvalue weighted by Crippen LogP contribution is -2.10. The second kappa shape index (κ2) is 6.36. The SMILES string of the molecule is O=S(=O)(Oc1cc(Br)c(Br)c(Br)c1Cl)c1ccccc1. The maximum Gasteiger partial charge on any atom is 0.339 e. The van der Waals surface area contributed by atoms with Crippen molar-refractivity contribution in [1.29, 1.82) is 0 Å². The summed E-state index contributed by atoms with van der Waals surface area (Å²) >= 11 is 15.9. The third kappa shape index (κ3) is 3.39. The number of rotatable bonds is 3. The molecule has 0 heterocycles. The van der Waals surface area contributed by atoms with Crippen LogP contribution in [0.3, 0.4) is 0 Å². The monoisotopic (exact) mass is 502 g/mol. The van der Waals surface area contributed by atoms with Crippen LogP contribution in [0.25, 0.3) is 0 Å². The summed E-state index contributed by atoms with van der Waals surface area (Å²) in [7, 11) is -3.92. The van der Waals surface area contributed by atoms with E-state index in [9.17, 15) is 8.42 Å². The molecule has 106 valence electrons. The molecule has 0 unspecified atom stereocenters. The smallest absolute Gasteiger partial charge is 0.339 e. The van der Waals surface area contributed by atoms with E-state index >= 15 is 0 Å². The summed E-state index contributed by atoms with van der Waals surface area (Å²) in [4.78, 5) is 0.0613.